The molecule has 0 bridgehead atoms. The van der Waals surface area contributed by atoms with Gasteiger partial charge in [0.15, 0.2) is 9.84 Å². The van der Waals surface area contributed by atoms with Crippen molar-refractivity contribution >= 4 is 9.84 Å². The van der Waals surface area contributed by atoms with Crippen molar-refractivity contribution in [2.45, 2.75) is 39.5 Å². The molecule has 0 amide bonds. The van der Waals surface area contributed by atoms with E-state index in [4.69, 9.17) is 0 Å². The first kappa shape index (κ1) is 12.2. The summed E-state index contributed by atoms with van der Waals surface area (Å²) in [6, 6.07) is 0. The maximum Gasteiger partial charge on any atom is 0.176 e. The van der Waals surface area contributed by atoms with Crippen molar-refractivity contribution in [2.24, 2.45) is 0 Å². The Labute approximate surface area is 92.2 Å². The third-order valence-corrected chi connectivity index (χ3v) is 4.66. The standard InChI is InChI=1S/C12H18O2S/c1-7-8(2)10(4)12(15(6,13)14)11(5)9(7)3/h1-6H3. The average molecular weight is 226 g/mol. The zero-order valence-corrected chi connectivity index (χ0v) is 11.0. The molecule has 0 spiro atoms. The predicted molar refractivity (Wildman–Crippen MR) is 63.2 cm³/mol. The van der Waals surface area contributed by atoms with Gasteiger partial charge in [0.25, 0.3) is 0 Å². The Morgan fingerprint density at radius 2 is 0.933 bits per heavy atom. The maximum absolute atomic E-state index is 11.7. The van der Waals surface area contributed by atoms with Gasteiger partial charge < -0.3 is 0 Å². The molecule has 0 fully saturated rings. The summed E-state index contributed by atoms with van der Waals surface area (Å²) in [5, 5.41) is 0. The molecule has 15 heavy (non-hydrogen) atoms. The number of rotatable bonds is 1. The average Bonchev–Trinajstić information content (AvgIpc) is 2.09. The molecular formula is C12H18O2S. The molecule has 1 rings (SSSR count). The first-order chi connectivity index (χ1) is 6.68. The van der Waals surface area contributed by atoms with E-state index in [-0.39, 0.29) is 0 Å². The first-order valence-corrected chi connectivity index (χ1v) is 6.84. The van der Waals surface area contributed by atoms with Crippen LogP contribution in [0.4, 0.5) is 0 Å². The third-order valence-electron chi connectivity index (χ3n) is 3.30. The SMILES string of the molecule is Cc1c(C)c(C)c(S(C)(=O)=O)c(C)c1C. The summed E-state index contributed by atoms with van der Waals surface area (Å²) in [4.78, 5) is 0.503. The van der Waals surface area contributed by atoms with Crippen molar-refractivity contribution in [3.63, 3.8) is 0 Å². The molecular weight excluding hydrogens is 208 g/mol. The van der Waals surface area contributed by atoms with Crippen molar-refractivity contribution in [1.29, 1.82) is 0 Å². The lowest BCUT2D eigenvalue weighted by Crippen LogP contribution is -2.08. The molecule has 0 aliphatic heterocycles. The molecule has 0 aromatic heterocycles. The van der Waals surface area contributed by atoms with Gasteiger partial charge in [0, 0.05) is 6.26 Å². The zero-order valence-electron chi connectivity index (χ0n) is 10.2. The molecule has 0 atom stereocenters. The van der Waals surface area contributed by atoms with Crippen molar-refractivity contribution in [3.8, 4) is 0 Å². The highest BCUT2D eigenvalue weighted by atomic mass is 32.2. The van der Waals surface area contributed by atoms with E-state index in [1.54, 1.807) is 0 Å². The second kappa shape index (κ2) is 3.63. The third kappa shape index (κ3) is 1.93. The van der Waals surface area contributed by atoms with E-state index in [0.717, 1.165) is 22.3 Å². The molecule has 84 valence electrons. The van der Waals surface area contributed by atoms with E-state index in [1.807, 2.05) is 34.6 Å². The maximum atomic E-state index is 11.7. The second-order valence-corrected chi connectivity index (χ2v) is 6.18. The monoisotopic (exact) mass is 226 g/mol. The largest absolute Gasteiger partial charge is 0.224 e. The highest BCUT2D eigenvalue weighted by Gasteiger charge is 2.19. The van der Waals surface area contributed by atoms with Crippen LogP contribution in [0.15, 0.2) is 4.90 Å². The molecule has 2 nitrogen and oxygen atoms in total. The fourth-order valence-electron chi connectivity index (χ4n) is 2.02. The topological polar surface area (TPSA) is 34.1 Å². The Bertz CT molecular complexity index is 482. The van der Waals surface area contributed by atoms with Gasteiger partial charge in [-0.2, -0.15) is 0 Å². The first-order valence-electron chi connectivity index (χ1n) is 4.95. The molecule has 0 saturated carbocycles. The lowest BCUT2D eigenvalue weighted by Gasteiger charge is -2.17. The van der Waals surface area contributed by atoms with Crippen LogP contribution in [0, 0.1) is 34.6 Å². The van der Waals surface area contributed by atoms with Crippen molar-refractivity contribution < 1.29 is 8.42 Å². The summed E-state index contributed by atoms with van der Waals surface area (Å²) in [7, 11) is -3.13. The van der Waals surface area contributed by atoms with E-state index in [2.05, 4.69) is 0 Å². The summed E-state index contributed by atoms with van der Waals surface area (Å²) in [6.07, 6.45) is 1.27. The zero-order chi connectivity index (χ0) is 12.0. The summed E-state index contributed by atoms with van der Waals surface area (Å²) in [5.74, 6) is 0. The summed E-state index contributed by atoms with van der Waals surface area (Å²) in [5.41, 5.74) is 5.13. The molecule has 1 aromatic rings. The fraction of sp³-hybridized carbons (Fsp3) is 0.500. The fourth-order valence-corrected chi connectivity index (χ4v) is 3.44. The number of benzene rings is 1. The summed E-state index contributed by atoms with van der Waals surface area (Å²) >= 11 is 0. The van der Waals surface area contributed by atoms with Gasteiger partial charge in [-0.15, -0.1) is 0 Å². The molecule has 0 radical (unpaired) electrons. The molecule has 0 aliphatic rings. The Morgan fingerprint density at radius 1 is 0.667 bits per heavy atom. The van der Waals surface area contributed by atoms with E-state index >= 15 is 0 Å². The Kier molecular flexibility index (Phi) is 2.97. The predicted octanol–water partition coefficient (Wildman–Crippen LogP) is 2.63. The normalized spacial score (nSPS) is 11.9. The van der Waals surface area contributed by atoms with E-state index in [0.29, 0.717) is 4.90 Å². The van der Waals surface area contributed by atoms with Crippen molar-refractivity contribution in [2.75, 3.05) is 6.26 Å². The van der Waals surface area contributed by atoms with Gasteiger partial charge in [0.05, 0.1) is 4.90 Å². The minimum Gasteiger partial charge on any atom is -0.224 e. The molecule has 0 N–H and O–H groups in total. The molecule has 0 heterocycles. The second-order valence-electron chi connectivity index (χ2n) is 4.23. The number of sulfone groups is 1. The summed E-state index contributed by atoms with van der Waals surface area (Å²) < 4.78 is 23.4. The minimum absolute atomic E-state index is 0.503. The smallest absolute Gasteiger partial charge is 0.176 e. The Morgan fingerprint density at radius 3 is 1.20 bits per heavy atom. The van der Waals surface area contributed by atoms with E-state index < -0.39 is 9.84 Å². The van der Waals surface area contributed by atoms with Gasteiger partial charge in [-0.3, -0.25) is 0 Å². The summed E-state index contributed by atoms with van der Waals surface area (Å²) in [6.45, 7) is 9.75. The molecule has 0 aliphatic carbocycles. The van der Waals surface area contributed by atoms with Crippen LogP contribution < -0.4 is 0 Å². The molecule has 3 heteroatoms. The van der Waals surface area contributed by atoms with Crippen LogP contribution in [0.3, 0.4) is 0 Å². The van der Waals surface area contributed by atoms with Gasteiger partial charge in [0.2, 0.25) is 0 Å². The van der Waals surface area contributed by atoms with Gasteiger partial charge >= 0.3 is 0 Å². The minimum atomic E-state index is -3.13. The van der Waals surface area contributed by atoms with Gasteiger partial charge in [-0.05, 0) is 62.4 Å². The van der Waals surface area contributed by atoms with Crippen LogP contribution in [-0.4, -0.2) is 14.7 Å². The quantitative estimate of drug-likeness (QED) is 0.737. The van der Waals surface area contributed by atoms with E-state index in [9.17, 15) is 8.42 Å². The lowest BCUT2D eigenvalue weighted by molar-refractivity contribution is 0.600. The van der Waals surface area contributed by atoms with Crippen molar-refractivity contribution in [1.82, 2.24) is 0 Å². The lowest BCUT2D eigenvalue weighted by atomic mass is 9.95. The van der Waals surface area contributed by atoms with Gasteiger partial charge in [-0.1, -0.05) is 0 Å². The number of hydrogen-bond donors (Lipinski definition) is 0. The Hall–Kier alpha value is -0.830. The van der Waals surface area contributed by atoms with Crippen LogP contribution in [-0.2, 0) is 9.84 Å². The van der Waals surface area contributed by atoms with Crippen LogP contribution in [0.2, 0.25) is 0 Å². The van der Waals surface area contributed by atoms with Crippen LogP contribution in [0.5, 0.6) is 0 Å². The van der Waals surface area contributed by atoms with Gasteiger partial charge in [0.1, 0.15) is 0 Å². The van der Waals surface area contributed by atoms with Crippen molar-refractivity contribution in [3.05, 3.63) is 27.8 Å². The highest BCUT2D eigenvalue weighted by molar-refractivity contribution is 7.90. The van der Waals surface area contributed by atoms with Crippen LogP contribution in [0.25, 0.3) is 0 Å². The van der Waals surface area contributed by atoms with E-state index in [1.165, 1.54) is 11.8 Å². The molecule has 0 saturated heterocycles. The van der Waals surface area contributed by atoms with Crippen LogP contribution in [0.1, 0.15) is 27.8 Å². The van der Waals surface area contributed by atoms with Crippen LogP contribution >= 0.6 is 0 Å². The molecule has 0 unspecified atom stereocenters. The highest BCUT2D eigenvalue weighted by Crippen LogP contribution is 2.29. The molecule has 1 aromatic carbocycles. The Balaban J connectivity index is 3.84. The van der Waals surface area contributed by atoms with Gasteiger partial charge in [-0.25, -0.2) is 8.42 Å². The number of hydrogen-bond acceptors (Lipinski definition) is 2.